The molecule has 0 N–H and O–H groups in total. The lowest BCUT2D eigenvalue weighted by atomic mass is 9.70. The van der Waals surface area contributed by atoms with Crippen LogP contribution in [0.2, 0.25) is 0 Å². The fourth-order valence-corrected chi connectivity index (χ4v) is 3.11. The van der Waals surface area contributed by atoms with Crippen molar-refractivity contribution in [1.82, 2.24) is 0 Å². The molecule has 0 aromatic carbocycles. The van der Waals surface area contributed by atoms with Crippen molar-refractivity contribution in [2.24, 2.45) is 17.8 Å². The minimum atomic E-state index is 0.768. The van der Waals surface area contributed by atoms with Crippen molar-refractivity contribution in [2.75, 3.05) is 0 Å². The summed E-state index contributed by atoms with van der Waals surface area (Å²) in [6.07, 6.45) is 11.2. The third-order valence-corrected chi connectivity index (χ3v) is 4.24. The Hall–Kier alpha value is -0.330. The summed E-state index contributed by atoms with van der Waals surface area (Å²) in [6, 6.07) is 0. The second-order valence-electron chi connectivity index (χ2n) is 5.19. The first-order valence-electron chi connectivity index (χ1n) is 6.73. The van der Waals surface area contributed by atoms with Crippen molar-refractivity contribution in [2.45, 2.75) is 65.2 Å². The monoisotopic (exact) mass is 210 g/mol. The first-order valence-corrected chi connectivity index (χ1v) is 6.73. The van der Waals surface area contributed by atoms with E-state index in [0.717, 1.165) is 36.9 Å². The van der Waals surface area contributed by atoms with E-state index in [4.69, 9.17) is 0 Å². The second kappa shape index (κ2) is 7.03. The van der Waals surface area contributed by atoms with Crippen molar-refractivity contribution < 1.29 is 4.79 Å². The number of aldehydes is 1. The molecule has 0 bridgehead atoms. The van der Waals surface area contributed by atoms with Crippen molar-refractivity contribution in [3.05, 3.63) is 0 Å². The molecule has 1 saturated carbocycles. The number of hydrogen-bond donors (Lipinski definition) is 0. The quantitative estimate of drug-likeness (QED) is 0.474. The van der Waals surface area contributed by atoms with Crippen LogP contribution in [0.5, 0.6) is 0 Å². The standard InChI is InChI=1S/C14H26O/c1-3-12(2)14-10-5-4-8-13(14)9-6-7-11-15/h11-14H,3-10H2,1-2H3. The number of rotatable bonds is 6. The Balaban J connectivity index is 2.38. The van der Waals surface area contributed by atoms with Crippen molar-refractivity contribution in [3.63, 3.8) is 0 Å². The molecule has 88 valence electrons. The Morgan fingerprint density at radius 2 is 2.07 bits per heavy atom. The van der Waals surface area contributed by atoms with Crippen molar-refractivity contribution in [3.8, 4) is 0 Å². The molecule has 0 aliphatic heterocycles. The summed E-state index contributed by atoms with van der Waals surface area (Å²) in [4.78, 5) is 10.3. The van der Waals surface area contributed by atoms with Gasteiger partial charge in [-0.2, -0.15) is 0 Å². The van der Waals surface area contributed by atoms with Crippen LogP contribution >= 0.6 is 0 Å². The van der Waals surface area contributed by atoms with E-state index < -0.39 is 0 Å². The van der Waals surface area contributed by atoms with Gasteiger partial charge in [0.25, 0.3) is 0 Å². The van der Waals surface area contributed by atoms with E-state index in [1.165, 1.54) is 38.5 Å². The summed E-state index contributed by atoms with van der Waals surface area (Å²) in [6.45, 7) is 4.71. The highest BCUT2D eigenvalue weighted by molar-refractivity contribution is 5.48. The summed E-state index contributed by atoms with van der Waals surface area (Å²) in [5.41, 5.74) is 0. The zero-order valence-corrected chi connectivity index (χ0v) is 10.4. The maximum absolute atomic E-state index is 10.3. The van der Waals surface area contributed by atoms with E-state index in [9.17, 15) is 4.79 Å². The van der Waals surface area contributed by atoms with E-state index in [0.29, 0.717) is 0 Å². The van der Waals surface area contributed by atoms with E-state index in [1.807, 2.05) is 0 Å². The van der Waals surface area contributed by atoms with Gasteiger partial charge < -0.3 is 4.79 Å². The van der Waals surface area contributed by atoms with Gasteiger partial charge in [0.05, 0.1) is 0 Å². The summed E-state index contributed by atoms with van der Waals surface area (Å²) >= 11 is 0. The molecule has 0 aromatic rings. The molecule has 0 spiro atoms. The molecule has 3 atom stereocenters. The predicted molar refractivity (Wildman–Crippen MR) is 64.8 cm³/mol. The molecule has 1 heteroatoms. The fraction of sp³-hybridized carbons (Fsp3) is 0.929. The average Bonchev–Trinajstić information content (AvgIpc) is 2.29. The first-order chi connectivity index (χ1) is 7.29. The molecule has 0 amide bonds. The molecule has 1 rings (SSSR count). The van der Waals surface area contributed by atoms with Crippen LogP contribution in [-0.2, 0) is 4.79 Å². The van der Waals surface area contributed by atoms with Crippen LogP contribution in [0, 0.1) is 17.8 Å². The molecule has 1 nitrogen and oxygen atoms in total. The van der Waals surface area contributed by atoms with E-state index in [2.05, 4.69) is 13.8 Å². The van der Waals surface area contributed by atoms with E-state index in [1.54, 1.807) is 0 Å². The zero-order chi connectivity index (χ0) is 11.1. The lowest BCUT2D eigenvalue weighted by Crippen LogP contribution is -2.25. The van der Waals surface area contributed by atoms with Crippen molar-refractivity contribution in [1.29, 1.82) is 0 Å². The van der Waals surface area contributed by atoms with Gasteiger partial charge in [-0.1, -0.05) is 39.5 Å². The minimum Gasteiger partial charge on any atom is -0.303 e. The second-order valence-corrected chi connectivity index (χ2v) is 5.19. The third-order valence-electron chi connectivity index (χ3n) is 4.24. The molecule has 1 aliphatic carbocycles. The Labute approximate surface area is 94.6 Å². The van der Waals surface area contributed by atoms with E-state index >= 15 is 0 Å². The minimum absolute atomic E-state index is 0.768. The highest BCUT2D eigenvalue weighted by Crippen LogP contribution is 2.38. The van der Waals surface area contributed by atoms with Gasteiger partial charge in [-0.25, -0.2) is 0 Å². The Kier molecular flexibility index (Phi) is 5.97. The van der Waals surface area contributed by atoms with Gasteiger partial charge >= 0.3 is 0 Å². The van der Waals surface area contributed by atoms with Gasteiger partial charge in [-0.05, 0) is 37.0 Å². The van der Waals surface area contributed by atoms with Crippen LogP contribution in [0.3, 0.4) is 0 Å². The molecule has 1 fully saturated rings. The van der Waals surface area contributed by atoms with Crippen LogP contribution in [0.4, 0.5) is 0 Å². The molecule has 0 heterocycles. The average molecular weight is 210 g/mol. The smallest absolute Gasteiger partial charge is 0.119 e. The highest BCUT2D eigenvalue weighted by Gasteiger charge is 2.27. The maximum Gasteiger partial charge on any atom is 0.119 e. The van der Waals surface area contributed by atoms with Gasteiger partial charge in [-0.15, -0.1) is 0 Å². The maximum atomic E-state index is 10.3. The summed E-state index contributed by atoms with van der Waals surface area (Å²) in [5, 5.41) is 0. The molecule has 3 unspecified atom stereocenters. The fourth-order valence-electron chi connectivity index (χ4n) is 3.11. The number of hydrogen-bond acceptors (Lipinski definition) is 1. The molecule has 0 radical (unpaired) electrons. The van der Waals surface area contributed by atoms with Crippen molar-refractivity contribution >= 4 is 6.29 Å². The third kappa shape index (κ3) is 3.96. The first kappa shape index (κ1) is 12.7. The highest BCUT2D eigenvalue weighted by atomic mass is 16.1. The zero-order valence-electron chi connectivity index (χ0n) is 10.4. The summed E-state index contributed by atoms with van der Waals surface area (Å²) in [7, 11) is 0. The summed E-state index contributed by atoms with van der Waals surface area (Å²) in [5.74, 6) is 2.73. The van der Waals surface area contributed by atoms with Gasteiger partial charge in [0, 0.05) is 6.42 Å². The van der Waals surface area contributed by atoms with Gasteiger partial charge in [-0.3, -0.25) is 0 Å². The lowest BCUT2D eigenvalue weighted by Gasteiger charge is -2.35. The van der Waals surface area contributed by atoms with Crippen LogP contribution in [0.15, 0.2) is 0 Å². The Bertz CT molecular complexity index is 176. The predicted octanol–water partition coefficient (Wildman–Crippen LogP) is 4.21. The van der Waals surface area contributed by atoms with Crippen LogP contribution in [-0.4, -0.2) is 6.29 Å². The lowest BCUT2D eigenvalue weighted by molar-refractivity contribution is -0.108. The van der Waals surface area contributed by atoms with Crippen LogP contribution in [0.1, 0.15) is 65.2 Å². The molecular weight excluding hydrogens is 184 g/mol. The Morgan fingerprint density at radius 1 is 1.33 bits per heavy atom. The Morgan fingerprint density at radius 3 is 2.73 bits per heavy atom. The van der Waals surface area contributed by atoms with Crippen LogP contribution < -0.4 is 0 Å². The molecule has 15 heavy (non-hydrogen) atoms. The molecular formula is C14H26O. The topological polar surface area (TPSA) is 17.1 Å². The molecule has 1 aliphatic rings. The SMILES string of the molecule is CCC(C)C1CCCCC1CCCC=O. The molecule has 0 saturated heterocycles. The largest absolute Gasteiger partial charge is 0.303 e. The molecule has 0 aromatic heterocycles. The van der Waals surface area contributed by atoms with Crippen LogP contribution in [0.25, 0.3) is 0 Å². The number of carbonyl (C=O) groups excluding carboxylic acids is 1. The number of unbranched alkanes of at least 4 members (excludes halogenated alkanes) is 1. The van der Waals surface area contributed by atoms with Gasteiger partial charge in [0.2, 0.25) is 0 Å². The van der Waals surface area contributed by atoms with Gasteiger partial charge in [0.15, 0.2) is 0 Å². The number of carbonyl (C=O) groups is 1. The van der Waals surface area contributed by atoms with E-state index in [-0.39, 0.29) is 0 Å². The normalized spacial score (nSPS) is 28.7. The van der Waals surface area contributed by atoms with Gasteiger partial charge in [0.1, 0.15) is 6.29 Å². The summed E-state index contributed by atoms with van der Waals surface area (Å²) < 4.78 is 0.